The highest BCUT2D eigenvalue weighted by atomic mass is 16.5. The van der Waals surface area contributed by atoms with Crippen molar-refractivity contribution in [2.75, 3.05) is 0 Å². The Hall–Kier alpha value is -3.48. The van der Waals surface area contributed by atoms with Crippen molar-refractivity contribution >= 4 is 17.0 Å². The van der Waals surface area contributed by atoms with Gasteiger partial charge in [0, 0.05) is 12.0 Å². The molecule has 0 radical (unpaired) electrons. The lowest BCUT2D eigenvalue weighted by Gasteiger charge is -2.02. The van der Waals surface area contributed by atoms with Crippen LogP contribution < -0.4 is 5.32 Å². The van der Waals surface area contributed by atoms with E-state index in [0.29, 0.717) is 24.0 Å². The summed E-state index contributed by atoms with van der Waals surface area (Å²) in [4.78, 5) is 20.8. The van der Waals surface area contributed by atoms with Crippen molar-refractivity contribution in [3.8, 4) is 11.4 Å². The van der Waals surface area contributed by atoms with E-state index in [2.05, 4.69) is 20.4 Å². The molecular formula is C20H18N4O3. The molecule has 7 heteroatoms. The first-order valence-corrected chi connectivity index (χ1v) is 8.74. The zero-order valence-corrected chi connectivity index (χ0v) is 14.8. The first-order chi connectivity index (χ1) is 13.2. The van der Waals surface area contributed by atoms with E-state index in [0.717, 1.165) is 28.6 Å². The summed E-state index contributed by atoms with van der Waals surface area (Å²) < 4.78 is 10.8. The molecule has 2 heterocycles. The molecule has 4 aromatic rings. The van der Waals surface area contributed by atoms with Gasteiger partial charge in [-0.1, -0.05) is 42.4 Å². The lowest BCUT2D eigenvalue weighted by Crippen LogP contribution is -2.24. The minimum Gasteiger partial charge on any atom is -0.441 e. The van der Waals surface area contributed by atoms with Gasteiger partial charge >= 0.3 is 0 Å². The van der Waals surface area contributed by atoms with Gasteiger partial charge < -0.3 is 14.3 Å². The summed E-state index contributed by atoms with van der Waals surface area (Å²) in [7, 11) is 0. The highest BCUT2D eigenvalue weighted by molar-refractivity contribution is 5.79. The maximum absolute atomic E-state index is 12.0. The molecule has 0 aliphatic heterocycles. The Morgan fingerprint density at radius 2 is 1.93 bits per heavy atom. The molecule has 0 atom stereocenters. The normalized spacial score (nSPS) is 11.0. The molecule has 0 saturated carbocycles. The number of amides is 1. The lowest BCUT2D eigenvalue weighted by molar-refractivity contribution is -0.120. The Bertz CT molecular complexity index is 1070. The number of fused-ring (bicyclic) bond motifs is 1. The van der Waals surface area contributed by atoms with Crippen molar-refractivity contribution in [1.82, 2.24) is 20.4 Å². The van der Waals surface area contributed by atoms with Gasteiger partial charge in [-0.15, -0.1) is 0 Å². The average Bonchev–Trinajstić information content (AvgIpc) is 3.33. The summed E-state index contributed by atoms with van der Waals surface area (Å²) >= 11 is 0. The molecule has 0 fully saturated rings. The topological polar surface area (TPSA) is 94.1 Å². The standard InChI is InChI=1S/C20H18N4O3/c1-2-18-22-15-11-14(8-9-16(15)26-18)20-23-19(27-24-20)12-21-17(25)10-13-6-4-3-5-7-13/h3-9,11H,2,10,12H2,1H3,(H,21,25). The van der Waals surface area contributed by atoms with Crippen LogP contribution in [-0.4, -0.2) is 21.0 Å². The molecule has 2 aromatic heterocycles. The zero-order chi connectivity index (χ0) is 18.6. The summed E-state index contributed by atoms with van der Waals surface area (Å²) in [5.74, 6) is 1.39. The first kappa shape index (κ1) is 17.0. The van der Waals surface area contributed by atoms with Gasteiger partial charge in [-0.3, -0.25) is 4.79 Å². The Balaban J connectivity index is 1.41. The van der Waals surface area contributed by atoms with Gasteiger partial charge in [0.25, 0.3) is 0 Å². The van der Waals surface area contributed by atoms with E-state index in [1.165, 1.54) is 0 Å². The van der Waals surface area contributed by atoms with Gasteiger partial charge in [0.05, 0.1) is 13.0 Å². The second kappa shape index (κ2) is 7.41. The minimum absolute atomic E-state index is 0.0999. The van der Waals surface area contributed by atoms with Crippen LogP contribution >= 0.6 is 0 Å². The number of benzene rings is 2. The summed E-state index contributed by atoms with van der Waals surface area (Å²) in [5.41, 5.74) is 3.22. The Morgan fingerprint density at radius 1 is 1.07 bits per heavy atom. The number of rotatable bonds is 6. The Labute approximate surface area is 155 Å². The number of carbonyl (C=O) groups is 1. The molecule has 0 aliphatic rings. The highest BCUT2D eigenvalue weighted by Gasteiger charge is 2.12. The number of nitrogens with one attached hydrogen (secondary N) is 1. The predicted octanol–water partition coefficient (Wildman–Crippen LogP) is 3.30. The van der Waals surface area contributed by atoms with Gasteiger partial charge in [0.15, 0.2) is 11.5 Å². The maximum Gasteiger partial charge on any atom is 0.246 e. The SMILES string of the molecule is CCc1nc2cc(-c3noc(CNC(=O)Cc4ccccc4)n3)ccc2o1. The molecule has 1 N–H and O–H groups in total. The van der Waals surface area contributed by atoms with Crippen LogP contribution in [0.15, 0.2) is 57.5 Å². The number of hydrogen-bond donors (Lipinski definition) is 1. The van der Waals surface area contributed by atoms with Crippen molar-refractivity contribution in [3.63, 3.8) is 0 Å². The molecule has 2 aromatic carbocycles. The van der Waals surface area contributed by atoms with Crippen molar-refractivity contribution in [3.05, 3.63) is 65.9 Å². The maximum atomic E-state index is 12.0. The molecule has 7 nitrogen and oxygen atoms in total. The molecule has 136 valence electrons. The van der Waals surface area contributed by atoms with Crippen molar-refractivity contribution in [2.24, 2.45) is 0 Å². The fraction of sp³-hybridized carbons (Fsp3) is 0.200. The van der Waals surface area contributed by atoms with Crippen LogP contribution in [0.5, 0.6) is 0 Å². The molecule has 0 aliphatic carbocycles. The van der Waals surface area contributed by atoms with Crippen molar-refractivity contribution in [1.29, 1.82) is 0 Å². The highest BCUT2D eigenvalue weighted by Crippen LogP contribution is 2.23. The second-order valence-electron chi connectivity index (χ2n) is 6.09. The molecule has 4 rings (SSSR count). The predicted molar refractivity (Wildman–Crippen MR) is 98.7 cm³/mol. The summed E-state index contributed by atoms with van der Waals surface area (Å²) in [6, 6.07) is 15.1. The van der Waals surface area contributed by atoms with Crippen LogP contribution in [-0.2, 0) is 24.2 Å². The largest absolute Gasteiger partial charge is 0.441 e. The van der Waals surface area contributed by atoms with Gasteiger partial charge in [-0.05, 0) is 23.8 Å². The fourth-order valence-electron chi connectivity index (χ4n) is 2.73. The van der Waals surface area contributed by atoms with E-state index in [4.69, 9.17) is 8.94 Å². The van der Waals surface area contributed by atoms with E-state index in [9.17, 15) is 4.79 Å². The van der Waals surface area contributed by atoms with Crippen LogP contribution in [0.3, 0.4) is 0 Å². The number of carbonyl (C=O) groups excluding carboxylic acids is 1. The molecule has 0 spiro atoms. The van der Waals surface area contributed by atoms with E-state index in [-0.39, 0.29) is 12.5 Å². The van der Waals surface area contributed by atoms with Gasteiger partial charge in [0.2, 0.25) is 17.6 Å². The summed E-state index contributed by atoms with van der Waals surface area (Å²) in [6.45, 7) is 2.17. The van der Waals surface area contributed by atoms with E-state index < -0.39 is 0 Å². The Morgan fingerprint density at radius 3 is 2.74 bits per heavy atom. The summed E-state index contributed by atoms with van der Waals surface area (Å²) in [5, 5.41) is 6.78. The third-order valence-corrected chi connectivity index (χ3v) is 4.10. The number of aromatic nitrogens is 3. The zero-order valence-electron chi connectivity index (χ0n) is 14.8. The third-order valence-electron chi connectivity index (χ3n) is 4.10. The minimum atomic E-state index is -0.0999. The molecule has 0 unspecified atom stereocenters. The monoisotopic (exact) mass is 362 g/mol. The quantitative estimate of drug-likeness (QED) is 0.565. The van der Waals surface area contributed by atoms with Gasteiger partial charge in [-0.2, -0.15) is 4.98 Å². The van der Waals surface area contributed by atoms with Gasteiger partial charge in [-0.25, -0.2) is 4.98 Å². The average molecular weight is 362 g/mol. The van der Waals surface area contributed by atoms with Gasteiger partial charge in [0.1, 0.15) is 5.52 Å². The molecule has 1 amide bonds. The number of aryl methyl sites for hydroxylation is 1. The van der Waals surface area contributed by atoms with Crippen LogP contribution in [0, 0.1) is 0 Å². The van der Waals surface area contributed by atoms with Crippen molar-refractivity contribution in [2.45, 2.75) is 26.3 Å². The van der Waals surface area contributed by atoms with E-state index >= 15 is 0 Å². The van der Waals surface area contributed by atoms with E-state index in [1.807, 2.05) is 55.5 Å². The number of nitrogens with zero attached hydrogens (tertiary/aromatic N) is 3. The first-order valence-electron chi connectivity index (χ1n) is 8.74. The van der Waals surface area contributed by atoms with Crippen LogP contribution in [0.25, 0.3) is 22.5 Å². The fourth-order valence-corrected chi connectivity index (χ4v) is 2.73. The third kappa shape index (κ3) is 3.87. The van der Waals surface area contributed by atoms with E-state index in [1.54, 1.807) is 0 Å². The van der Waals surface area contributed by atoms with Crippen LogP contribution in [0.4, 0.5) is 0 Å². The smallest absolute Gasteiger partial charge is 0.246 e. The summed E-state index contributed by atoms with van der Waals surface area (Å²) in [6.07, 6.45) is 1.05. The van der Waals surface area contributed by atoms with Crippen molar-refractivity contribution < 1.29 is 13.7 Å². The second-order valence-corrected chi connectivity index (χ2v) is 6.09. The molecular weight excluding hydrogens is 344 g/mol. The van der Waals surface area contributed by atoms with Crippen LogP contribution in [0.1, 0.15) is 24.3 Å². The molecule has 27 heavy (non-hydrogen) atoms. The number of oxazole rings is 1. The molecule has 0 saturated heterocycles. The van der Waals surface area contributed by atoms with Crippen LogP contribution in [0.2, 0.25) is 0 Å². The lowest BCUT2D eigenvalue weighted by atomic mass is 10.1. The number of hydrogen-bond acceptors (Lipinski definition) is 6. The Kier molecular flexibility index (Phi) is 4.65. The molecule has 0 bridgehead atoms.